The van der Waals surface area contributed by atoms with E-state index in [0.29, 0.717) is 11.7 Å². The molecule has 0 aliphatic carbocycles. The fourth-order valence-electron chi connectivity index (χ4n) is 2.83. The first kappa shape index (κ1) is 15.3. The van der Waals surface area contributed by atoms with E-state index in [4.69, 9.17) is 4.74 Å². The van der Waals surface area contributed by atoms with E-state index in [1.807, 2.05) is 6.07 Å². The molecule has 4 heteroatoms. The Hall–Kier alpha value is -1.13. The molecule has 0 spiro atoms. The molecule has 1 aromatic rings. The number of rotatable bonds is 5. The van der Waals surface area contributed by atoms with Crippen LogP contribution in [-0.4, -0.2) is 38.2 Å². The van der Waals surface area contributed by atoms with Crippen LogP contribution in [0.4, 0.5) is 4.39 Å². The van der Waals surface area contributed by atoms with Crippen molar-refractivity contribution in [3.8, 4) is 5.75 Å². The number of halogens is 1. The molecule has 1 saturated heterocycles. The summed E-state index contributed by atoms with van der Waals surface area (Å²) in [4.78, 5) is 2.46. The lowest BCUT2D eigenvalue weighted by molar-refractivity contribution is 0.153. The van der Waals surface area contributed by atoms with E-state index < -0.39 is 0 Å². The molecule has 0 radical (unpaired) electrons. The van der Waals surface area contributed by atoms with Gasteiger partial charge in [0.05, 0.1) is 7.11 Å². The van der Waals surface area contributed by atoms with Gasteiger partial charge in [-0.25, -0.2) is 4.39 Å². The monoisotopic (exact) mass is 280 g/mol. The number of piperazine rings is 1. The van der Waals surface area contributed by atoms with Gasteiger partial charge >= 0.3 is 0 Å². The van der Waals surface area contributed by atoms with Gasteiger partial charge in [0.1, 0.15) is 0 Å². The SMILES string of the molecule is COc1ccc([C@H](CC(C)C)N2CCNCC2)cc1F. The normalized spacial score (nSPS) is 18.2. The predicted molar refractivity (Wildman–Crippen MR) is 79.6 cm³/mol. The summed E-state index contributed by atoms with van der Waals surface area (Å²) in [6.07, 6.45) is 1.05. The first-order valence-corrected chi connectivity index (χ1v) is 7.40. The zero-order valence-electron chi connectivity index (χ0n) is 12.7. The summed E-state index contributed by atoms with van der Waals surface area (Å²) in [7, 11) is 1.50. The lowest BCUT2D eigenvalue weighted by atomic mass is 9.95. The second-order valence-electron chi connectivity index (χ2n) is 5.83. The summed E-state index contributed by atoms with van der Waals surface area (Å²) in [5.41, 5.74) is 1.05. The van der Waals surface area contributed by atoms with Gasteiger partial charge in [0.15, 0.2) is 11.6 Å². The van der Waals surface area contributed by atoms with Crippen molar-refractivity contribution in [2.75, 3.05) is 33.3 Å². The smallest absolute Gasteiger partial charge is 0.165 e. The van der Waals surface area contributed by atoms with Gasteiger partial charge in [0, 0.05) is 32.2 Å². The van der Waals surface area contributed by atoms with Gasteiger partial charge in [0.2, 0.25) is 0 Å². The Morgan fingerprint density at radius 3 is 2.55 bits per heavy atom. The molecule has 0 bridgehead atoms. The van der Waals surface area contributed by atoms with E-state index in [2.05, 4.69) is 24.1 Å². The maximum Gasteiger partial charge on any atom is 0.165 e. The molecular formula is C16H25FN2O. The van der Waals surface area contributed by atoms with Crippen LogP contribution in [0.2, 0.25) is 0 Å². The second-order valence-corrected chi connectivity index (χ2v) is 5.83. The minimum atomic E-state index is -0.270. The summed E-state index contributed by atoms with van der Waals surface area (Å²) < 4.78 is 19.0. The number of nitrogens with one attached hydrogen (secondary N) is 1. The third-order valence-electron chi connectivity index (χ3n) is 3.85. The van der Waals surface area contributed by atoms with Gasteiger partial charge in [-0.3, -0.25) is 4.90 Å². The van der Waals surface area contributed by atoms with E-state index in [0.717, 1.165) is 38.2 Å². The fraction of sp³-hybridized carbons (Fsp3) is 0.625. The van der Waals surface area contributed by atoms with Gasteiger partial charge in [-0.15, -0.1) is 0 Å². The number of ether oxygens (including phenoxy) is 1. The van der Waals surface area contributed by atoms with Crippen LogP contribution in [0, 0.1) is 11.7 Å². The number of benzene rings is 1. The molecule has 1 atom stereocenters. The van der Waals surface area contributed by atoms with Crippen molar-refractivity contribution >= 4 is 0 Å². The Morgan fingerprint density at radius 1 is 1.30 bits per heavy atom. The largest absolute Gasteiger partial charge is 0.494 e. The van der Waals surface area contributed by atoms with E-state index in [9.17, 15) is 4.39 Å². The highest BCUT2D eigenvalue weighted by Gasteiger charge is 2.23. The van der Waals surface area contributed by atoms with Crippen LogP contribution in [0.5, 0.6) is 5.75 Å². The summed E-state index contributed by atoms with van der Waals surface area (Å²) in [6, 6.07) is 5.66. The molecule has 1 N–H and O–H groups in total. The quantitative estimate of drug-likeness (QED) is 0.897. The number of hydrogen-bond donors (Lipinski definition) is 1. The molecule has 1 aliphatic heterocycles. The predicted octanol–water partition coefficient (Wildman–Crippen LogP) is 2.83. The molecule has 1 aliphatic rings. The lowest BCUT2D eigenvalue weighted by Crippen LogP contribution is -2.45. The maximum atomic E-state index is 14.0. The zero-order valence-corrected chi connectivity index (χ0v) is 12.7. The number of nitrogens with zero attached hydrogens (tertiary/aromatic N) is 1. The molecular weight excluding hydrogens is 255 g/mol. The Labute approximate surface area is 121 Å². The van der Waals surface area contributed by atoms with Gasteiger partial charge in [0.25, 0.3) is 0 Å². The van der Waals surface area contributed by atoms with Crippen LogP contribution < -0.4 is 10.1 Å². The molecule has 1 heterocycles. The van der Waals surface area contributed by atoms with Crippen LogP contribution in [-0.2, 0) is 0 Å². The van der Waals surface area contributed by atoms with E-state index in [-0.39, 0.29) is 11.9 Å². The summed E-state index contributed by atoms with van der Waals surface area (Å²) >= 11 is 0. The Kier molecular flexibility index (Phi) is 5.38. The van der Waals surface area contributed by atoms with Crippen molar-refractivity contribution in [1.82, 2.24) is 10.2 Å². The molecule has 1 aromatic carbocycles. The summed E-state index contributed by atoms with van der Waals surface area (Å²) in [5.74, 6) is 0.631. The van der Waals surface area contributed by atoms with E-state index in [1.54, 1.807) is 12.1 Å². The highest BCUT2D eigenvalue weighted by Crippen LogP contribution is 2.30. The lowest BCUT2D eigenvalue weighted by Gasteiger charge is -2.36. The van der Waals surface area contributed by atoms with E-state index >= 15 is 0 Å². The molecule has 3 nitrogen and oxygen atoms in total. The van der Waals surface area contributed by atoms with Gasteiger partial charge in [-0.2, -0.15) is 0 Å². The topological polar surface area (TPSA) is 24.5 Å². The van der Waals surface area contributed by atoms with Crippen LogP contribution >= 0.6 is 0 Å². The summed E-state index contributed by atoms with van der Waals surface area (Å²) in [5, 5.41) is 3.37. The third-order valence-corrected chi connectivity index (χ3v) is 3.85. The molecule has 0 unspecified atom stereocenters. The Morgan fingerprint density at radius 2 is 2.00 bits per heavy atom. The van der Waals surface area contributed by atoms with Gasteiger partial charge in [-0.1, -0.05) is 19.9 Å². The molecule has 2 rings (SSSR count). The van der Waals surface area contributed by atoms with Crippen LogP contribution in [0.1, 0.15) is 31.9 Å². The first-order valence-electron chi connectivity index (χ1n) is 7.40. The molecule has 0 aromatic heterocycles. The van der Waals surface area contributed by atoms with Crippen LogP contribution in [0.15, 0.2) is 18.2 Å². The van der Waals surface area contributed by atoms with Crippen molar-refractivity contribution in [3.63, 3.8) is 0 Å². The second kappa shape index (κ2) is 7.04. The van der Waals surface area contributed by atoms with Crippen molar-refractivity contribution in [1.29, 1.82) is 0 Å². The average molecular weight is 280 g/mol. The molecule has 0 amide bonds. The zero-order chi connectivity index (χ0) is 14.5. The van der Waals surface area contributed by atoms with Crippen LogP contribution in [0.3, 0.4) is 0 Å². The minimum Gasteiger partial charge on any atom is -0.494 e. The molecule has 20 heavy (non-hydrogen) atoms. The van der Waals surface area contributed by atoms with E-state index in [1.165, 1.54) is 7.11 Å². The summed E-state index contributed by atoms with van der Waals surface area (Å²) in [6.45, 7) is 8.49. The van der Waals surface area contributed by atoms with Crippen molar-refractivity contribution < 1.29 is 9.13 Å². The Bertz CT molecular complexity index is 430. The van der Waals surface area contributed by atoms with Crippen molar-refractivity contribution in [3.05, 3.63) is 29.6 Å². The molecule has 112 valence electrons. The highest BCUT2D eigenvalue weighted by atomic mass is 19.1. The molecule has 1 fully saturated rings. The van der Waals surface area contributed by atoms with Crippen molar-refractivity contribution in [2.45, 2.75) is 26.3 Å². The van der Waals surface area contributed by atoms with Crippen LogP contribution in [0.25, 0.3) is 0 Å². The number of hydrogen-bond acceptors (Lipinski definition) is 3. The Balaban J connectivity index is 2.22. The third kappa shape index (κ3) is 3.70. The maximum absolute atomic E-state index is 14.0. The molecule has 0 saturated carbocycles. The minimum absolute atomic E-state index is 0.270. The number of methoxy groups -OCH3 is 1. The standard InChI is InChI=1S/C16H25FN2O/c1-12(2)10-15(19-8-6-18-7-9-19)13-4-5-16(20-3)14(17)11-13/h4-5,11-12,15,18H,6-10H2,1-3H3/t15-/m0/s1. The van der Waals surface area contributed by atoms with Gasteiger partial charge in [-0.05, 0) is 30.0 Å². The first-order chi connectivity index (χ1) is 9.61. The highest BCUT2D eigenvalue weighted by molar-refractivity contribution is 5.31. The van der Waals surface area contributed by atoms with Crippen molar-refractivity contribution in [2.24, 2.45) is 5.92 Å². The average Bonchev–Trinajstić information content (AvgIpc) is 2.45. The fourth-order valence-corrected chi connectivity index (χ4v) is 2.83. The van der Waals surface area contributed by atoms with Gasteiger partial charge < -0.3 is 10.1 Å².